The molecule has 3 nitrogen and oxygen atoms in total. The van der Waals surface area contributed by atoms with Gasteiger partial charge in [-0.15, -0.1) is 0 Å². The first-order valence-electron chi connectivity index (χ1n) is 6.75. The third-order valence-electron chi connectivity index (χ3n) is 4.18. The smallest absolute Gasteiger partial charge is 0.257 e. The molecule has 2 aromatic rings. The van der Waals surface area contributed by atoms with Gasteiger partial charge >= 0.3 is 0 Å². The lowest BCUT2D eigenvalue weighted by molar-refractivity contribution is 0.0615. The maximum atomic E-state index is 12.6. The summed E-state index contributed by atoms with van der Waals surface area (Å²) >= 11 is 0. The zero-order valence-electron chi connectivity index (χ0n) is 12.0. The molecule has 0 aliphatic carbocycles. The molecule has 1 heterocycles. The summed E-state index contributed by atoms with van der Waals surface area (Å²) in [5.74, 6) is 0.0464. The Morgan fingerprint density at radius 1 is 1.05 bits per heavy atom. The van der Waals surface area contributed by atoms with Crippen LogP contribution in [0, 0.1) is 6.92 Å². The number of fused-ring (bicyclic) bond motifs is 1. The molecule has 0 radical (unpaired) electrons. The van der Waals surface area contributed by atoms with Gasteiger partial charge in [0.05, 0.1) is 5.56 Å². The van der Waals surface area contributed by atoms with Gasteiger partial charge in [0, 0.05) is 18.3 Å². The van der Waals surface area contributed by atoms with E-state index in [1.165, 1.54) is 5.56 Å². The number of aryl methyl sites for hydroxylation is 1. The van der Waals surface area contributed by atoms with Gasteiger partial charge in [0.25, 0.3) is 5.91 Å². The second-order valence-electron chi connectivity index (χ2n) is 5.42. The van der Waals surface area contributed by atoms with Crippen molar-refractivity contribution in [3.05, 3.63) is 65.2 Å². The molecule has 0 spiro atoms. The second kappa shape index (κ2) is 4.37. The van der Waals surface area contributed by atoms with Crippen LogP contribution in [0.25, 0.3) is 0 Å². The van der Waals surface area contributed by atoms with E-state index in [4.69, 9.17) is 0 Å². The van der Waals surface area contributed by atoms with Crippen LogP contribution in [-0.2, 0) is 5.66 Å². The Morgan fingerprint density at radius 2 is 1.70 bits per heavy atom. The molecule has 0 saturated heterocycles. The first-order valence-corrected chi connectivity index (χ1v) is 6.75. The minimum absolute atomic E-state index is 0.0464. The number of para-hydroxylation sites is 1. The monoisotopic (exact) mass is 266 g/mol. The highest BCUT2D eigenvalue weighted by Crippen LogP contribution is 2.37. The minimum atomic E-state index is -0.531. The SMILES string of the molecule is Cc1ccccc1[C@@]1(C)Nc2ccccc2C(=O)N1C. The van der Waals surface area contributed by atoms with Gasteiger partial charge in [-0.05, 0) is 31.5 Å². The fourth-order valence-electron chi connectivity index (χ4n) is 2.88. The van der Waals surface area contributed by atoms with E-state index in [9.17, 15) is 4.79 Å². The van der Waals surface area contributed by atoms with E-state index in [0.29, 0.717) is 0 Å². The first-order chi connectivity index (χ1) is 9.54. The van der Waals surface area contributed by atoms with Crippen LogP contribution in [0.1, 0.15) is 28.4 Å². The maximum Gasteiger partial charge on any atom is 0.257 e. The Kier molecular flexibility index (Phi) is 2.78. The molecule has 3 heteroatoms. The van der Waals surface area contributed by atoms with E-state index in [-0.39, 0.29) is 5.91 Å². The van der Waals surface area contributed by atoms with Crippen LogP contribution in [-0.4, -0.2) is 17.9 Å². The number of carbonyl (C=O) groups excluding carboxylic acids is 1. The van der Waals surface area contributed by atoms with Crippen LogP contribution in [0.3, 0.4) is 0 Å². The Hall–Kier alpha value is -2.29. The number of anilines is 1. The predicted octanol–water partition coefficient (Wildman–Crippen LogP) is 3.37. The lowest BCUT2D eigenvalue weighted by Gasteiger charge is -2.45. The van der Waals surface area contributed by atoms with Crippen molar-refractivity contribution in [2.45, 2.75) is 19.5 Å². The van der Waals surface area contributed by atoms with E-state index in [1.54, 1.807) is 4.90 Å². The molecule has 1 aliphatic heterocycles. The third kappa shape index (κ3) is 1.70. The van der Waals surface area contributed by atoms with E-state index in [1.807, 2.05) is 50.4 Å². The van der Waals surface area contributed by atoms with Crippen molar-refractivity contribution >= 4 is 11.6 Å². The Morgan fingerprint density at radius 3 is 2.45 bits per heavy atom. The number of rotatable bonds is 1. The van der Waals surface area contributed by atoms with E-state index < -0.39 is 5.66 Å². The van der Waals surface area contributed by atoms with Gasteiger partial charge < -0.3 is 10.2 Å². The van der Waals surface area contributed by atoms with Crippen LogP contribution >= 0.6 is 0 Å². The highest BCUT2D eigenvalue weighted by atomic mass is 16.2. The molecule has 20 heavy (non-hydrogen) atoms. The summed E-state index contributed by atoms with van der Waals surface area (Å²) in [6.45, 7) is 4.12. The fraction of sp³-hybridized carbons (Fsp3) is 0.235. The molecule has 0 unspecified atom stereocenters. The van der Waals surface area contributed by atoms with Crippen LogP contribution in [0.15, 0.2) is 48.5 Å². The molecule has 1 amide bonds. The van der Waals surface area contributed by atoms with Gasteiger partial charge in [-0.25, -0.2) is 0 Å². The number of hydrogen-bond acceptors (Lipinski definition) is 2. The van der Waals surface area contributed by atoms with Crippen molar-refractivity contribution in [3.63, 3.8) is 0 Å². The van der Waals surface area contributed by atoms with Crippen LogP contribution in [0.2, 0.25) is 0 Å². The summed E-state index contributed by atoms with van der Waals surface area (Å²) < 4.78 is 0. The average molecular weight is 266 g/mol. The molecule has 1 N–H and O–H groups in total. The van der Waals surface area contributed by atoms with E-state index in [0.717, 1.165) is 16.8 Å². The number of nitrogens with one attached hydrogen (secondary N) is 1. The molecule has 0 aromatic heterocycles. The Bertz CT molecular complexity index is 680. The minimum Gasteiger partial charge on any atom is -0.358 e. The number of benzene rings is 2. The summed E-state index contributed by atoms with van der Waals surface area (Å²) in [5, 5.41) is 3.52. The van der Waals surface area contributed by atoms with Crippen molar-refractivity contribution in [3.8, 4) is 0 Å². The van der Waals surface area contributed by atoms with Gasteiger partial charge in [-0.3, -0.25) is 4.79 Å². The molecule has 2 aromatic carbocycles. The predicted molar refractivity (Wildman–Crippen MR) is 80.7 cm³/mol. The quantitative estimate of drug-likeness (QED) is 0.858. The van der Waals surface area contributed by atoms with Crippen LogP contribution in [0.5, 0.6) is 0 Å². The highest BCUT2D eigenvalue weighted by molar-refractivity contribution is 6.02. The number of hydrogen-bond donors (Lipinski definition) is 1. The molecule has 0 fully saturated rings. The number of carbonyl (C=O) groups is 1. The molecule has 1 aliphatic rings. The van der Waals surface area contributed by atoms with E-state index >= 15 is 0 Å². The van der Waals surface area contributed by atoms with Crippen LogP contribution in [0.4, 0.5) is 5.69 Å². The Balaban J connectivity index is 2.17. The van der Waals surface area contributed by atoms with Crippen molar-refractivity contribution in [1.82, 2.24) is 4.90 Å². The van der Waals surface area contributed by atoms with Gasteiger partial charge in [0.15, 0.2) is 0 Å². The normalized spacial score (nSPS) is 21.4. The van der Waals surface area contributed by atoms with Crippen molar-refractivity contribution < 1.29 is 4.79 Å². The Labute approximate surface area is 119 Å². The molecule has 102 valence electrons. The van der Waals surface area contributed by atoms with E-state index in [2.05, 4.69) is 24.4 Å². The molecular weight excluding hydrogens is 248 g/mol. The van der Waals surface area contributed by atoms with Gasteiger partial charge in [-0.2, -0.15) is 0 Å². The van der Waals surface area contributed by atoms with Gasteiger partial charge in [0.2, 0.25) is 0 Å². The van der Waals surface area contributed by atoms with Crippen molar-refractivity contribution in [1.29, 1.82) is 0 Å². The summed E-state index contributed by atoms with van der Waals surface area (Å²) in [6.07, 6.45) is 0. The standard InChI is InChI=1S/C17H18N2O/c1-12-8-4-6-10-14(12)17(2)18-15-11-7-5-9-13(15)16(20)19(17)3/h4-11,18H,1-3H3/t17-/m0/s1. The first kappa shape index (κ1) is 12.7. The zero-order chi connectivity index (χ0) is 14.3. The number of nitrogens with zero attached hydrogens (tertiary/aromatic N) is 1. The van der Waals surface area contributed by atoms with Crippen molar-refractivity contribution in [2.75, 3.05) is 12.4 Å². The summed E-state index contributed by atoms with van der Waals surface area (Å²) in [6, 6.07) is 15.8. The maximum absolute atomic E-state index is 12.6. The lowest BCUT2D eigenvalue weighted by atomic mass is 9.91. The van der Waals surface area contributed by atoms with Crippen molar-refractivity contribution in [2.24, 2.45) is 0 Å². The summed E-state index contributed by atoms with van der Waals surface area (Å²) in [5.41, 5.74) is 3.37. The third-order valence-corrected chi connectivity index (χ3v) is 4.18. The molecule has 1 atom stereocenters. The highest BCUT2D eigenvalue weighted by Gasteiger charge is 2.40. The average Bonchev–Trinajstić information content (AvgIpc) is 2.45. The summed E-state index contributed by atoms with van der Waals surface area (Å²) in [4.78, 5) is 14.4. The molecule has 3 rings (SSSR count). The molecule has 0 saturated carbocycles. The van der Waals surface area contributed by atoms with Gasteiger partial charge in [0.1, 0.15) is 5.66 Å². The number of amides is 1. The van der Waals surface area contributed by atoms with Crippen LogP contribution < -0.4 is 5.32 Å². The lowest BCUT2D eigenvalue weighted by Crippen LogP contribution is -2.54. The second-order valence-corrected chi connectivity index (χ2v) is 5.42. The fourth-order valence-corrected chi connectivity index (χ4v) is 2.88. The largest absolute Gasteiger partial charge is 0.358 e. The molecule has 0 bridgehead atoms. The summed E-state index contributed by atoms with van der Waals surface area (Å²) in [7, 11) is 1.84. The molecular formula is C17H18N2O. The topological polar surface area (TPSA) is 32.3 Å². The zero-order valence-corrected chi connectivity index (χ0v) is 12.0. The van der Waals surface area contributed by atoms with Gasteiger partial charge in [-0.1, -0.05) is 36.4 Å².